The first-order valence-corrected chi connectivity index (χ1v) is 12.2. The lowest BCUT2D eigenvalue weighted by Crippen LogP contribution is -2.61. The van der Waals surface area contributed by atoms with Crippen molar-refractivity contribution >= 4 is 29.2 Å². The summed E-state index contributed by atoms with van der Waals surface area (Å²) >= 11 is 1.68. The van der Waals surface area contributed by atoms with Gasteiger partial charge in [-0.15, -0.1) is 0 Å². The number of esters is 1. The van der Waals surface area contributed by atoms with Crippen LogP contribution in [0.5, 0.6) is 0 Å². The number of fused-ring (bicyclic) bond motifs is 2. The van der Waals surface area contributed by atoms with Crippen molar-refractivity contribution in [1.29, 1.82) is 0 Å². The molecule has 1 spiro atoms. The summed E-state index contributed by atoms with van der Waals surface area (Å²) in [5.41, 5.74) is 2.86. The van der Waals surface area contributed by atoms with E-state index in [1.807, 2.05) is 0 Å². The van der Waals surface area contributed by atoms with Gasteiger partial charge in [-0.05, 0) is 60.6 Å². The van der Waals surface area contributed by atoms with Gasteiger partial charge in [-0.2, -0.15) is 0 Å². The van der Waals surface area contributed by atoms with E-state index in [0.29, 0.717) is 5.41 Å². The highest BCUT2D eigenvalue weighted by molar-refractivity contribution is 7.99. The number of carbonyl (C=O) groups excluding carboxylic acids is 1. The number of hydrogen-bond donors (Lipinski definition) is 1. The Labute approximate surface area is 187 Å². The summed E-state index contributed by atoms with van der Waals surface area (Å²) < 4.78 is 5.01. The number of anilines is 2. The lowest BCUT2D eigenvalue weighted by molar-refractivity contribution is -0.175. The van der Waals surface area contributed by atoms with E-state index in [1.54, 1.807) is 24.2 Å². The molecule has 2 aromatic rings. The average Bonchev–Trinajstić information content (AvgIpc) is 2.75. The average molecular weight is 437 g/mol. The second-order valence-corrected chi connectivity index (χ2v) is 10.7. The number of aromatic nitrogens is 2. The van der Waals surface area contributed by atoms with E-state index in [9.17, 15) is 4.79 Å². The van der Waals surface area contributed by atoms with Gasteiger partial charge in [0.25, 0.3) is 0 Å². The minimum absolute atomic E-state index is 0.00294. The summed E-state index contributed by atoms with van der Waals surface area (Å²) in [6, 6.07) is 6.74. The van der Waals surface area contributed by atoms with E-state index in [2.05, 4.69) is 38.4 Å². The first-order chi connectivity index (χ1) is 15.1. The molecule has 6 rings (SSSR count). The van der Waals surface area contributed by atoms with E-state index < -0.39 is 0 Å². The quantitative estimate of drug-likeness (QED) is 0.607. The third-order valence-corrected chi connectivity index (χ3v) is 9.12. The minimum atomic E-state index is -0.00294. The number of likely N-dealkylation sites (tertiary alicyclic amines) is 1. The fourth-order valence-corrected chi connectivity index (χ4v) is 7.47. The van der Waals surface area contributed by atoms with Crippen molar-refractivity contribution in [3.63, 3.8) is 0 Å². The topological polar surface area (TPSA) is 67.3 Å². The number of ether oxygens (including phenoxy) is 1. The lowest BCUT2D eigenvalue weighted by atomic mass is 9.45. The molecule has 0 radical (unpaired) electrons. The smallest absolute Gasteiger partial charge is 0.308 e. The van der Waals surface area contributed by atoms with Crippen LogP contribution >= 0.6 is 11.8 Å². The normalized spacial score (nSPS) is 31.2. The molecular formula is C24H28N4O2S. The zero-order valence-electron chi connectivity index (χ0n) is 17.8. The Bertz CT molecular complexity index is 1010. The second-order valence-electron chi connectivity index (χ2n) is 9.65. The van der Waals surface area contributed by atoms with Crippen LogP contribution in [-0.2, 0) is 16.1 Å². The third-order valence-electron chi connectivity index (χ3n) is 8.05. The number of nitrogens with one attached hydrogen (secondary N) is 1. The number of nitrogens with zero attached hydrogens (tertiary/aromatic N) is 3. The first-order valence-electron chi connectivity index (χ1n) is 11.3. The van der Waals surface area contributed by atoms with Gasteiger partial charge in [-0.3, -0.25) is 9.69 Å². The first kappa shape index (κ1) is 19.6. The maximum absolute atomic E-state index is 12.0. The van der Waals surface area contributed by atoms with Crippen LogP contribution in [0.25, 0.3) is 0 Å². The monoisotopic (exact) mass is 436 g/mol. The largest absolute Gasteiger partial charge is 0.469 e. The summed E-state index contributed by atoms with van der Waals surface area (Å²) in [6.45, 7) is 3.28. The number of hydrogen-bond acceptors (Lipinski definition) is 7. The Morgan fingerprint density at radius 3 is 2.77 bits per heavy atom. The molecule has 7 heteroatoms. The van der Waals surface area contributed by atoms with Crippen molar-refractivity contribution < 1.29 is 9.53 Å². The van der Waals surface area contributed by atoms with Crippen LogP contribution in [0.1, 0.15) is 37.7 Å². The Morgan fingerprint density at radius 1 is 1.23 bits per heavy atom. The summed E-state index contributed by atoms with van der Waals surface area (Å²) in [5, 5.41) is 4.39. The fourth-order valence-electron chi connectivity index (χ4n) is 6.59. The number of methoxy groups -OCH3 is 1. The molecular weight excluding hydrogens is 408 g/mol. The van der Waals surface area contributed by atoms with Crippen LogP contribution in [0, 0.1) is 23.2 Å². The molecule has 6 nitrogen and oxygen atoms in total. The Balaban J connectivity index is 1.16. The highest BCUT2D eigenvalue weighted by Gasteiger charge is 2.59. The number of rotatable bonds is 3. The molecule has 3 heterocycles. The summed E-state index contributed by atoms with van der Waals surface area (Å²) in [6.07, 6.45) is 9.51. The molecule has 1 saturated heterocycles. The van der Waals surface area contributed by atoms with Crippen LogP contribution in [0.3, 0.4) is 0 Å². The Kier molecular flexibility index (Phi) is 4.72. The number of piperidine rings is 1. The second kappa shape index (κ2) is 7.48. The predicted octanol–water partition coefficient (Wildman–Crippen LogP) is 4.49. The molecule has 0 amide bonds. The van der Waals surface area contributed by atoms with Crippen molar-refractivity contribution in [2.24, 2.45) is 23.2 Å². The van der Waals surface area contributed by atoms with Crippen molar-refractivity contribution in [2.75, 3.05) is 25.5 Å². The van der Waals surface area contributed by atoms with Crippen LogP contribution in [0.4, 0.5) is 11.5 Å². The van der Waals surface area contributed by atoms with Crippen LogP contribution < -0.4 is 5.32 Å². The number of carbonyl (C=O) groups is 1. The van der Waals surface area contributed by atoms with E-state index in [0.717, 1.165) is 60.8 Å². The van der Waals surface area contributed by atoms with Gasteiger partial charge in [0.1, 0.15) is 5.03 Å². The molecule has 1 N–H and O–H groups in total. The molecule has 2 bridgehead atoms. The lowest BCUT2D eigenvalue weighted by Gasteiger charge is -2.62. The molecule has 2 atom stereocenters. The molecule has 3 fully saturated rings. The van der Waals surface area contributed by atoms with Gasteiger partial charge in [0.15, 0.2) is 5.82 Å². The Morgan fingerprint density at radius 2 is 2.00 bits per heavy atom. The van der Waals surface area contributed by atoms with Crippen LogP contribution in [0.2, 0.25) is 0 Å². The van der Waals surface area contributed by atoms with Crippen molar-refractivity contribution in [1.82, 2.24) is 14.9 Å². The summed E-state index contributed by atoms with van der Waals surface area (Å²) in [7, 11) is 1.52. The Hall–Kier alpha value is -2.12. The summed E-state index contributed by atoms with van der Waals surface area (Å²) in [5.74, 6) is 2.41. The van der Waals surface area contributed by atoms with Gasteiger partial charge in [-0.25, -0.2) is 9.97 Å². The molecule has 1 aromatic heterocycles. The standard InChI is InChI=1S/C24H28N4O2S/c1-30-23(29)16-10-24(11-16)17-3-2-4-18(24)14-28(13-17)12-15-5-6-20-19(9-15)27-21-22(31-20)26-8-7-25-21/h5-9,16-18H,2-4,10-14H2,1H3,(H,25,27). The molecule has 162 valence electrons. The highest BCUT2D eigenvalue weighted by atomic mass is 32.2. The van der Waals surface area contributed by atoms with Crippen molar-refractivity contribution in [3.8, 4) is 0 Å². The van der Waals surface area contributed by atoms with Gasteiger partial charge < -0.3 is 10.1 Å². The molecule has 4 aliphatic rings. The molecule has 2 saturated carbocycles. The van der Waals surface area contributed by atoms with Gasteiger partial charge in [0, 0.05) is 36.9 Å². The molecule has 2 unspecified atom stereocenters. The van der Waals surface area contributed by atoms with Gasteiger partial charge in [-0.1, -0.05) is 24.2 Å². The molecule has 1 aromatic carbocycles. The number of benzene rings is 1. The van der Waals surface area contributed by atoms with Gasteiger partial charge in [0.05, 0.1) is 18.7 Å². The van der Waals surface area contributed by atoms with Crippen molar-refractivity contribution in [2.45, 2.75) is 48.6 Å². The fraction of sp³-hybridized carbons (Fsp3) is 0.542. The van der Waals surface area contributed by atoms with Crippen LogP contribution in [0.15, 0.2) is 40.5 Å². The van der Waals surface area contributed by atoms with Crippen LogP contribution in [-0.4, -0.2) is 41.0 Å². The molecule has 2 aliphatic heterocycles. The minimum Gasteiger partial charge on any atom is -0.469 e. The van der Waals surface area contributed by atoms with E-state index in [4.69, 9.17) is 4.74 Å². The highest BCUT2D eigenvalue weighted by Crippen LogP contribution is 2.62. The van der Waals surface area contributed by atoms with Gasteiger partial charge >= 0.3 is 5.97 Å². The maximum atomic E-state index is 12.0. The zero-order chi connectivity index (χ0) is 21.0. The van der Waals surface area contributed by atoms with E-state index in [-0.39, 0.29) is 11.9 Å². The summed E-state index contributed by atoms with van der Waals surface area (Å²) in [4.78, 5) is 24.7. The van der Waals surface area contributed by atoms with E-state index in [1.165, 1.54) is 36.8 Å². The maximum Gasteiger partial charge on any atom is 0.308 e. The predicted molar refractivity (Wildman–Crippen MR) is 119 cm³/mol. The van der Waals surface area contributed by atoms with Gasteiger partial charge in [0.2, 0.25) is 0 Å². The third kappa shape index (κ3) is 3.24. The molecule has 31 heavy (non-hydrogen) atoms. The zero-order valence-corrected chi connectivity index (χ0v) is 18.7. The van der Waals surface area contributed by atoms with Crippen molar-refractivity contribution in [3.05, 3.63) is 36.2 Å². The molecule has 2 aliphatic carbocycles. The SMILES string of the molecule is COC(=O)C1CC2(C1)C1CCCC2CN(Cc2ccc3c(c2)Nc2nccnc2S3)C1. The van der Waals surface area contributed by atoms with E-state index >= 15 is 0 Å².